The van der Waals surface area contributed by atoms with Gasteiger partial charge in [0.1, 0.15) is 5.54 Å². The van der Waals surface area contributed by atoms with Crippen LogP contribution in [-0.4, -0.2) is 38.8 Å². The van der Waals surface area contributed by atoms with Crippen molar-refractivity contribution in [1.29, 1.82) is 5.26 Å². The molecule has 3 N–H and O–H groups in total. The van der Waals surface area contributed by atoms with Crippen LogP contribution in [0.25, 0.3) is 11.3 Å². The zero-order valence-corrected chi connectivity index (χ0v) is 16.6. The summed E-state index contributed by atoms with van der Waals surface area (Å²) in [7, 11) is 0. The summed E-state index contributed by atoms with van der Waals surface area (Å²) in [5.74, 6) is -0.746. The molecule has 10 heteroatoms. The number of nitriles is 1. The second kappa shape index (κ2) is 8.44. The van der Waals surface area contributed by atoms with Crippen molar-refractivity contribution in [3.63, 3.8) is 0 Å². The molecule has 3 rings (SSSR count). The first-order chi connectivity index (χ1) is 14.1. The number of nitrogens with one attached hydrogen (secondary N) is 3. The van der Waals surface area contributed by atoms with Gasteiger partial charge in [0, 0.05) is 18.0 Å². The molecule has 0 aromatic carbocycles. The van der Waals surface area contributed by atoms with Crippen molar-refractivity contribution in [2.24, 2.45) is 5.92 Å². The van der Waals surface area contributed by atoms with Crippen LogP contribution < -0.4 is 10.6 Å². The van der Waals surface area contributed by atoms with Crippen LogP contribution in [-0.2, 0) is 4.79 Å². The molecule has 1 aliphatic rings. The lowest BCUT2D eigenvalue weighted by atomic mass is 10.0. The topological polar surface area (TPSA) is 106 Å². The van der Waals surface area contributed by atoms with Gasteiger partial charge in [-0.3, -0.25) is 20.2 Å². The van der Waals surface area contributed by atoms with Gasteiger partial charge in [-0.2, -0.15) is 23.5 Å². The molecule has 0 aliphatic heterocycles. The third kappa shape index (κ3) is 5.16. The van der Waals surface area contributed by atoms with Crippen LogP contribution in [0.2, 0.25) is 0 Å². The van der Waals surface area contributed by atoms with E-state index in [-0.39, 0.29) is 11.6 Å². The number of halogens is 3. The number of H-pyrrole nitrogens is 1. The summed E-state index contributed by atoms with van der Waals surface area (Å²) in [5, 5.41) is 20.9. The molecule has 7 nitrogen and oxygen atoms in total. The van der Waals surface area contributed by atoms with Gasteiger partial charge in [-0.05, 0) is 43.4 Å². The highest BCUT2D eigenvalue weighted by molar-refractivity contribution is 5.82. The third-order valence-corrected chi connectivity index (χ3v) is 4.93. The molecule has 1 aliphatic carbocycles. The summed E-state index contributed by atoms with van der Waals surface area (Å²) in [6.45, 7) is 3.73. The molecular weight excluding hydrogens is 397 g/mol. The molecule has 2 heterocycles. The van der Waals surface area contributed by atoms with Crippen LogP contribution in [0.1, 0.15) is 44.8 Å². The van der Waals surface area contributed by atoms with E-state index in [9.17, 15) is 23.2 Å². The Balaban J connectivity index is 1.79. The van der Waals surface area contributed by atoms with Crippen LogP contribution in [0.3, 0.4) is 0 Å². The third-order valence-electron chi connectivity index (χ3n) is 4.93. The summed E-state index contributed by atoms with van der Waals surface area (Å²) in [6.07, 6.45) is -0.391. The number of hydrogen-bond donors (Lipinski definition) is 3. The maximum Gasteiger partial charge on any atom is 0.414 e. The van der Waals surface area contributed by atoms with Crippen molar-refractivity contribution in [3.05, 3.63) is 36.3 Å². The van der Waals surface area contributed by atoms with Crippen LogP contribution in [0.4, 0.5) is 13.2 Å². The quantitative estimate of drug-likeness (QED) is 0.608. The Morgan fingerprint density at radius 3 is 2.53 bits per heavy atom. The van der Waals surface area contributed by atoms with E-state index in [0.717, 1.165) is 0 Å². The van der Waals surface area contributed by atoms with Crippen molar-refractivity contribution >= 4 is 5.91 Å². The van der Waals surface area contributed by atoms with E-state index in [1.165, 1.54) is 18.3 Å². The molecular formula is C20H23F3N6O. The fourth-order valence-electron chi connectivity index (χ4n) is 3.16. The van der Waals surface area contributed by atoms with Gasteiger partial charge in [0.05, 0.1) is 23.5 Å². The van der Waals surface area contributed by atoms with Gasteiger partial charge in [0.25, 0.3) is 0 Å². The van der Waals surface area contributed by atoms with E-state index >= 15 is 0 Å². The summed E-state index contributed by atoms with van der Waals surface area (Å²) < 4.78 is 41.2. The summed E-state index contributed by atoms with van der Waals surface area (Å²) >= 11 is 0. The van der Waals surface area contributed by atoms with Crippen molar-refractivity contribution in [2.75, 3.05) is 0 Å². The average molecular weight is 420 g/mol. The minimum atomic E-state index is -4.73. The zero-order valence-electron chi connectivity index (χ0n) is 16.6. The van der Waals surface area contributed by atoms with Gasteiger partial charge in [-0.1, -0.05) is 13.8 Å². The van der Waals surface area contributed by atoms with Crippen molar-refractivity contribution < 1.29 is 18.0 Å². The van der Waals surface area contributed by atoms with Crippen LogP contribution >= 0.6 is 0 Å². The molecule has 1 amide bonds. The fourth-order valence-corrected chi connectivity index (χ4v) is 3.16. The molecule has 2 atom stereocenters. The number of rotatable bonds is 8. The van der Waals surface area contributed by atoms with Gasteiger partial charge in [-0.15, -0.1) is 0 Å². The first-order valence-electron chi connectivity index (χ1n) is 9.66. The number of aromatic nitrogens is 3. The highest BCUT2D eigenvalue weighted by Crippen LogP contribution is 2.36. The number of carbonyl (C=O) groups excluding carboxylic acids is 1. The van der Waals surface area contributed by atoms with Crippen molar-refractivity contribution in [2.45, 2.75) is 56.9 Å². The monoisotopic (exact) mass is 420 g/mol. The van der Waals surface area contributed by atoms with Crippen LogP contribution in [0.15, 0.2) is 30.6 Å². The molecule has 1 fully saturated rings. The lowest BCUT2D eigenvalue weighted by Gasteiger charge is -2.27. The first kappa shape index (κ1) is 21.8. The molecule has 2 aromatic rings. The largest absolute Gasteiger partial charge is 0.414 e. The average Bonchev–Trinajstić information content (AvgIpc) is 3.24. The minimum Gasteiger partial charge on any atom is -0.338 e. The van der Waals surface area contributed by atoms with Gasteiger partial charge >= 0.3 is 6.18 Å². The second-order valence-electron chi connectivity index (χ2n) is 7.93. The van der Waals surface area contributed by atoms with Crippen molar-refractivity contribution in [3.8, 4) is 17.3 Å². The number of amides is 1. The molecule has 160 valence electrons. The second-order valence-corrected chi connectivity index (χ2v) is 7.93. The smallest absolute Gasteiger partial charge is 0.338 e. The number of hydrogen-bond acceptors (Lipinski definition) is 5. The summed E-state index contributed by atoms with van der Waals surface area (Å²) in [4.78, 5) is 16.7. The molecule has 0 radical (unpaired) electrons. The molecule has 30 heavy (non-hydrogen) atoms. The Morgan fingerprint density at radius 1 is 1.33 bits per heavy atom. The molecule has 0 spiro atoms. The predicted molar refractivity (Wildman–Crippen MR) is 103 cm³/mol. The number of nitrogens with zero attached hydrogens (tertiary/aromatic N) is 3. The molecule has 0 unspecified atom stereocenters. The summed E-state index contributed by atoms with van der Waals surface area (Å²) in [5.41, 5.74) is -0.0427. The lowest BCUT2D eigenvalue weighted by molar-refractivity contribution is -0.165. The molecule has 1 saturated carbocycles. The Kier molecular flexibility index (Phi) is 6.12. The Hall–Kier alpha value is -2.93. The molecule has 0 bridgehead atoms. The minimum absolute atomic E-state index is 0.0540. The first-order valence-corrected chi connectivity index (χ1v) is 9.66. The van der Waals surface area contributed by atoms with Crippen LogP contribution in [0, 0.1) is 17.2 Å². The van der Waals surface area contributed by atoms with E-state index in [4.69, 9.17) is 0 Å². The van der Waals surface area contributed by atoms with E-state index < -0.39 is 29.7 Å². The maximum atomic E-state index is 13.7. The highest BCUT2D eigenvalue weighted by Gasteiger charge is 2.48. The van der Waals surface area contributed by atoms with E-state index in [2.05, 4.69) is 31.9 Å². The Labute approximate surface area is 172 Å². The predicted octanol–water partition coefficient (Wildman–Crippen LogP) is 3.25. The zero-order chi connectivity index (χ0) is 21.9. The standard InChI is InChI=1S/C20H23F3N6O/c1-12(2)9-16(28-19(11-24)6-7-19)18(30)27-17(20(21,22)23)15-4-3-13(10-25-15)14-5-8-26-29-14/h3-5,8,10,12,16-17,28H,6-7,9H2,1-2H3,(H,26,29)(H,27,30)/t16-,17-/m0/s1. The van der Waals surface area contributed by atoms with E-state index in [1.807, 2.05) is 13.8 Å². The Bertz CT molecular complexity index is 898. The normalized spacial score (nSPS) is 17.2. The fraction of sp³-hybridized carbons (Fsp3) is 0.500. The van der Waals surface area contributed by atoms with Gasteiger partial charge < -0.3 is 5.32 Å². The summed E-state index contributed by atoms with van der Waals surface area (Å²) in [6, 6.07) is 3.32. The number of aromatic amines is 1. The van der Waals surface area contributed by atoms with E-state index in [0.29, 0.717) is 30.5 Å². The molecule has 0 saturated heterocycles. The lowest BCUT2D eigenvalue weighted by Crippen LogP contribution is -2.52. The SMILES string of the molecule is CC(C)C[C@H](NC1(C#N)CC1)C(=O)N[C@@H](c1ccc(-c2cc[nH]n2)cn1)C(F)(F)F. The van der Waals surface area contributed by atoms with Gasteiger partial charge in [-0.25, -0.2) is 0 Å². The van der Waals surface area contributed by atoms with Crippen molar-refractivity contribution in [1.82, 2.24) is 25.8 Å². The van der Waals surface area contributed by atoms with Gasteiger partial charge in [0.2, 0.25) is 5.91 Å². The van der Waals surface area contributed by atoms with Gasteiger partial charge in [0.15, 0.2) is 6.04 Å². The van der Waals surface area contributed by atoms with E-state index in [1.54, 1.807) is 12.3 Å². The highest BCUT2D eigenvalue weighted by atomic mass is 19.4. The maximum absolute atomic E-state index is 13.7. The number of alkyl halides is 3. The Morgan fingerprint density at radius 2 is 2.07 bits per heavy atom. The van der Waals surface area contributed by atoms with Crippen LogP contribution in [0.5, 0.6) is 0 Å². The number of carbonyl (C=O) groups is 1. The molecule has 2 aromatic heterocycles. The number of pyridine rings is 1.